The van der Waals surface area contributed by atoms with Crippen molar-refractivity contribution in [3.8, 4) is 11.5 Å². The minimum atomic E-state index is -0.214. The molecule has 12 heteroatoms. The van der Waals surface area contributed by atoms with Crippen LogP contribution in [-0.2, 0) is 9.53 Å². The molecule has 164 valence electrons. The summed E-state index contributed by atoms with van der Waals surface area (Å²) in [4.78, 5) is 28.0. The smallest absolute Gasteiger partial charge is 0.234 e. The highest BCUT2D eigenvalue weighted by Crippen LogP contribution is 2.37. The minimum absolute atomic E-state index is 0.156. The molecule has 1 N–H and O–H groups in total. The van der Waals surface area contributed by atoms with E-state index in [1.807, 2.05) is 0 Å². The maximum Gasteiger partial charge on any atom is 0.234 e. The van der Waals surface area contributed by atoms with E-state index in [1.54, 1.807) is 12.1 Å². The van der Waals surface area contributed by atoms with Crippen molar-refractivity contribution in [1.29, 1.82) is 0 Å². The van der Waals surface area contributed by atoms with E-state index in [4.69, 9.17) is 25.8 Å². The molecule has 2 aromatic heterocycles. The summed E-state index contributed by atoms with van der Waals surface area (Å²) in [5.74, 6) is 0.871. The van der Waals surface area contributed by atoms with Crippen LogP contribution in [0.25, 0.3) is 10.3 Å². The lowest BCUT2D eigenvalue weighted by Gasteiger charge is -2.25. The number of halogens is 1. The Labute approximate surface area is 192 Å². The number of nitrogens with one attached hydrogen (secondary N) is 1. The van der Waals surface area contributed by atoms with Crippen LogP contribution in [0.1, 0.15) is 0 Å². The molecule has 9 nitrogen and oxygen atoms in total. The van der Waals surface area contributed by atoms with Crippen LogP contribution in [0, 0.1) is 0 Å². The van der Waals surface area contributed by atoms with Crippen LogP contribution in [0.3, 0.4) is 0 Å². The topological polar surface area (TPSA) is 98.7 Å². The average Bonchev–Trinajstić information content (AvgIpc) is 3.23. The van der Waals surface area contributed by atoms with E-state index in [0.29, 0.717) is 41.1 Å². The zero-order valence-electron chi connectivity index (χ0n) is 16.9. The van der Waals surface area contributed by atoms with Gasteiger partial charge < -0.3 is 24.4 Å². The van der Waals surface area contributed by atoms with E-state index in [-0.39, 0.29) is 11.7 Å². The molecule has 0 saturated carbocycles. The molecule has 3 aromatic rings. The van der Waals surface area contributed by atoms with Crippen LogP contribution < -0.4 is 19.7 Å². The van der Waals surface area contributed by atoms with Gasteiger partial charge >= 0.3 is 0 Å². The van der Waals surface area contributed by atoms with Crippen molar-refractivity contribution in [2.24, 2.45) is 0 Å². The van der Waals surface area contributed by atoms with Crippen LogP contribution in [-0.4, -0.2) is 67.1 Å². The van der Waals surface area contributed by atoms with Gasteiger partial charge in [0.15, 0.2) is 10.8 Å². The van der Waals surface area contributed by atoms with Crippen LogP contribution in [0.4, 0.5) is 10.8 Å². The number of hydrogen-bond donors (Lipinski definition) is 1. The first kappa shape index (κ1) is 21.9. The number of carbonyl (C=O) groups is 1. The van der Waals surface area contributed by atoms with Crippen LogP contribution >= 0.6 is 34.7 Å². The first-order chi connectivity index (χ1) is 15.1. The van der Waals surface area contributed by atoms with Gasteiger partial charge in [0.1, 0.15) is 27.6 Å². The molecule has 31 heavy (non-hydrogen) atoms. The van der Waals surface area contributed by atoms with Crippen LogP contribution in [0.15, 0.2) is 23.5 Å². The average molecular weight is 482 g/mol. The van der Waals surface area contributed by atoms with Gasteiger partial charge in [0.05, 0.1) is 43.9 Å². The number of ether oxygens (including phenoxy) is 3. The van der Waals surface area contributed by atoms with Crippen molar-refractivity contribution in [1.82, 2.24) is 15.0 Å². The normalized spacial score (nSPS) is 14.0. The molecule has 3 heterocycles. The van der Waals surface area contributed by atoms with E-state index < -0.39 is 0 Å². The highest BCUT2D eigenvalue weighted by atomic mass is 35.5. The Morgan fingerprint density at radius 3 is 2.77 bits per heavy atom. The Balaban J connectivity index is 1.46. The lowest BCUT2D eigenvalue weighted by Crippen LogP contribution is -2.36. The van der Waals surface area contributed by atoms with Gasteiger partial charge in [-0.2, -0.15) is 4.98 Å². The first-order valence-corrected chi connectivity index (χ1v) is 11.6. The Hall–Kier alpha value is -2.34. The van der Waals surface area contributed by atoms with Gasteiger partial charge in [-0.15, -0.1) is 0 Å². The summed E-state index contributed by atoms with van der Waals surface area (Å²) < 4.78 is 16.8. The Morgan fingerprint density at radius 2 is 2.03 bits per heavy atom. The molecule has 0 spiro atoms. The fourth-order valence-electron chi connectivity index (χ4n) is 2.99. The molecule has 1 aliphatic rings. The molecule has 0 bridgehead atoms. The van der Waals surface area contributed by atoms with Crippen molar-refractivity contribution < 1.29 is 19.0 Å². The number of fused-ring (bicyclic) bond motifs is 1. The number of benzene rings is 1. The van der Waals surface area contributed by atoms with Crippen molar-refractivity contribution in [3.05, 3.63) is 23.5 Å². The van der Waals surface area contributed by atoms with E-state index in [9.17, 15) is 4.79 Å². The van der Waals surface area contributed by atoms with Crippen molar-refractivity contribution in [3.63, 3.8) is 0 Å². The maximum atomic E-state index is 12.6. The molecule has 0 radical (unpaired) electrons. The van der Waals surface area contributed by atoms with E-state index in [1.165, 1.54) is 43.6 Å². The van der Waals surface area contributed by atoms with E-state index in [2.05, 4.69) is 25.2 Å². The summed E-state index contributed by atoms with van der Waals surface area (Å²) in [6.45, 7) is 2.96. The summed E-state index contributed by atoms with van der Waals surface area (Å²) in [7, 11) is 3.03. The van der Waals surface area contributed by atoms with Gasteiger partial charge in [-0.05, 0) is 6.07 Å². The summed E-state index contributed by atoms with van der Waals surface area (Å²) in [5, 5.41) is 4.82. The fraction of sp³-hybridized carbons (Fsp3) is 0.368. The highest BCUT2D eigenvalue weighted by Gasteiger charge is 2.19. The molecule has 1 saturated heterocycles. The van der Waals surface area contributed by atoms with Gasteiger partial charge in [0, 0.05) is 19.2 Å². The standard InChI is InChI=1S/C19H20ClN5O4S2/c1-27-13-8-14(28-2)12(7-11(13)20)23-15(26)9-30-18-16-17(21-10-22-18)24-19(31-16)25-3-5-29-6-4-25/h7-8,10H,3-6,9H2,1-2H3,(H,23,26). The molecular weight excluding hydrogens is 462 g/mol. The Morgan fingerprint density at radius 1 is 1.26 bits per heavy atom. The molecule has 1 aromatic carbocycles. The molecule has 0 atom stereocenters. The molecule has 0 aliphatic carbocycles. The molecular formula is C19H20ClN5O4S2. The second kappa shape index (κ2) is 9.86. The second-order valence-electron chi connectivity index (χ2n) is 6.45. The third kappa shape index (κ3) is 4.95. The third-order valence-corrected chi connectivity index (χ3v) is 7.04. The summed E-state index contributed by atoms with van der Waals surface area (Å²) in [6.07, 6.45) is 1.47. The molecule has 4 rings (SSSR count). The molecule has 1 amide bonds. The predicted molar refractivity (Wildman–Crippen MR) is 122 cm³/mol. The van der Waals surface area contributed by atoms with Crippen molar-refractivity contribution in [2.75, 3.05) is 56.5 Å². The second-order valence-corrected chi connectivity index (χ2v) is 8.80. The first-order valence-electron chi connectivity index (χ1n) is 9.37. The molecule has 1 fully saturated rings. The van der Waals surface area contributed by atoms with E-state index >= 15 is 0 Å². The molecule has 0 unspecified atom stereocenters. The number of carbonyl (C=O) groups excluding carboxylic acids is 1. The van der Waals surface area contributed by atoms with Crippen LogP contribution in [0.5, 0.6) is 11.5 Å². The summed E-state index contributed by atoms with van der Waals surface area (Å²) in [6, 6.07) is 3.23. The van der Waals surface area contributed by atoms with Gasteiger partial charge in [-0.3, -0.25) is 4.79 Å². The van der Waals surface area contributed by atoms with Crippen molar-refractivity contribution in [2.45, 2.75) is 5.03 Å². The number of amides is 1. The Bertz CT molecular complexity index is 1090. The fourth-order valence-corrected chi connectivity index (χ4v) is 5.18. The number of hydrogen-bond acceptors (Lipinski definition) is 10. The van der Waals surface area contributed by atoms with Gasteiger partial charge in [0.25, 0.3) is 0 Å². The highest BCUT2D eigenvalue weighted by molar-refractivity contribution is 8.00. The summed E-state index contributed by atoms with van der Waals surface area (Å²) in [5.41, 5.74) is 1.10. The van der Waals surface area contributed by atoms with Crippen molar-refractivity contribution >= 4 is 61.8 Å². The third-order valence-electron chi connectivity index (χ3n) is 4.52. The summed E-state index contributed by atoms with van der Waals surface area (Å²) >= 11 is 9.03. The number of thiazole rings is 1. The lowest BCUT2D eigenvalue weighted by atomic mass is 10.2. The largest absolute Gasteiger partial charge is 0.495 e. The monoisotopic (exact) mass is 481 g/mol. The maximum absolute atomic E-state index is 12.6. The quantitative estimate of drug-likeness (QED) is 0.402. The van der Waals surface area contributed by atoms with Gasteiger partial charge in [-0.1, -0.05) is 34.7 Å². The number of anilines is 2. The number of morpholine rings is 1. The van der Waals surface area contributed by atoms with Crippen LogP contribution in [0.2, 0.25) is 5.02 Å². The SMILES string of the molecule is COc1cc(OC)c(NC(=O)CSc2ncnc3nc(N4CCOCC4)sc23)cc1Cl. The number of rotatable bonds is 7. The zero-order valence-corrected chi connectivity index (χ0v) is 19.3. The number of methoxy groups -OCH3 is 2. The number of nitrogens with zero attached hydrogens (tertiary/aromatic N) is 4. The van der Waals surface area contributed by atoms with E-state index in [0.717, 1.165) is 27.9 Å². The minimum Gasteiger partial charge on any atom is -0.495 e. The van der Waals surface area contributed by atoms with Gasteiger partial charge in [-0.25, -0.2) is 9.97 Å². The zero-order chi connectivity index (χ0) is 21.8. The number of thioether (sulfide) groups is 1. The lowest BCUT2D eigenvalue weighted by molar-refractivity contribution is -0.113. The Kier molecular flexibility index (Phi) is 6.96. The molecule has 1 aliphatic heterocycles. The van der Waals surface area contributed by atoms with Gasteiger partial charge in [0.2, 0.25) is 5.91 Å². The number of aromatic nitrogens is 3. The predicted octanol–water partition coefficient (Wildman–Crippen LogP) is 3.32.